The highest BCUT2D eigenvalue weighted by Gasteiger charge is 2.34. The number of carbonyl (C=O) groups excluding carboxylic acids is 1. The second-order valence-electron chi connectivity index (χ2n) is 10.3. The number of imidazole rings is 1. The Hall–Kier alpha value is -5.49. The maximum atomic E-state index is 13.6. The standard InChI is InChI=1S/C29H29N9O5/c1-5-8-23-31-25(29(3,4)34-35-30)24(27(39)41-16-22-17(2)42-28(40)43-22)38(23)15-18-11-13-19(14-12-18)20-9-6-7-10-21(20)26-32-36-37-33-26/h6-7,9-14H,5,8,15-16H2,1-4H3,(H,32,33,36,37). The molecule has 5 aromatic rings. The van der Waals surface area contributed by atoms with E-state index in [1.807, 2.05) is 55.5 Å². The Bertz CT molecular complexity index is 1840. The van der Waals surface area contributed by atoms with Gasteiger partial charge in [0.15, 0.2) is 23.8 Å². The molecule has 1 N–H and O–H groups in total. The Labute approximate surface area is 245 Å². The molecule has 0 aliphatic carbocycles. The maximum Gasteiger partial charge on any atom is 0.519 e. The van der Waals surface area contributed by atoms with Crippen molar-refractivity contribution < 1.29 is 18.4 Å². The van der Waals surface area contributed by atoms with Gasteiger partial charge in [-0.2, -0.15) is 5.21 Å². The topological polar surface area (TPSA) is 191 Å². The molecule has 220 valence electrons. The maximum absolute atomic E-state index is 13.6. The lowest BCUT2D eigenvalue weighted by atomic mass is 9.98. The van der Waals surface area contributed by atoms with Crippen LogP contribution in [0.5, 0.6) is 0 Å². The number of rotatable bonds is 11. The van der Waals surface area contributed by atoms with E-state index in [0.717, 1.165) is 28.7 Å². The number of aromatic nitrogens is 6. The van der Waals surface area contributed by atoms with Crippen LogP contribution in [0.2, 0.25) is 0 Å². The van der Waals surface area contributed by atoms with Crippen LogP contribution in [0.25, 0.3) is 33.0 Å². The fraction of sp³-hybridized carbons (Fsp3) is 0.310. The van der Waals surface area contributed by atoms with E-state index in [4.69, 9.17) is 18.6 Å². The van der Waals surface area contributed by atoms with Crippen molar-refractivity contribution in [1.29, 1.82) is 0 Å². The highest BCUT2D eigenvalue weighted by molar-refractivity contribution is 5.89. The van der Waals surface area contributed by atoms with Crippen molar-refractivity contribution in [3.63, 3.8) is 0 Å². The molecule has 0 amide bonds. The Morgan fingerprint density at radius 1 is 1.14 bits per heavy atom. The first-order valence-corrected chi connectivity index (χ1v) is 13.6. The van der Waals surface area contributed by atoms with Gasteiger partial charge in [-0.05, 0) is 54.6 Å². The number of esters is 1. The van der Waals surface area contributed by atoms with Crippen molar-refractivity contribution in [2.75, 3.05) is 0 Å². The lowest BCUT2D eigenvalue weighted by molar-refractivity contribution is 0.0427. The number of nitrogens with one attached hydrogen (secondary N) is 1. The van der Waals surface area contributed by atoms with Gasteiger partial charge in [-0.25, -0.2) is 14.6 Å². The Kier molecular flexibility index (Phi) is 8.21. The fourth-order valence-corrected chi connectivity index (χ4v) is 4.76. The van der Waals surface area contributed by atoms with Crippen LogP contribution in [-0.4, -0.2) is 36.1 Å². The van der Waals surface area contributed by atoms with Gasteiger partial charge >= 0.3 is 11.8 Å². The minimum atomic E-state index is -1.16. The summed E-state index contributed by atoms with van der Waals surface area (Å²) in [5.41, 5.74) is 12.1. The molecule has 2 aromatic carbocycles. The fourth-order valence-electron chi connectivity index (χ4n) is 4.76. The van der Waals surface area contributed by atoms with E-state index in [1.165, 1.54) is 6.92 Å². The van der Waals surface area contributed by atoms with Gasteiger partial charge in [-0.15, -0.1) is 10.2 Å². The second-order valence-corrected chi connectivity index (χ2v) is 10.3. The minimum absolute atomic E-state index is 0.103. The molecule has 0 bridgehead atoms. The van der Waals surface area contributed by atoms with E-state index in [-0.39, 0.29) is 29.5 Å². The number of nitrogens with zero attached hydrogens (tertiary/aromatic N) is 8. The molecule has 5 rings (SSSR count). The molecule has 0 saturated heterocycles. The molecular formula is C29H29N9O5. The van der Waals surface area contributed by atoms with Gasteiger partial charge in [0.05, 0.1) is 11.2 Å². The number of benzene rings is 2. The van der Waals surface area contributed by atoms with Gasteiger partial charge < -0.3 is 18.1 Å². The predicted octanol–water partition coefficient (Wildman–Crippen LogP) is 5.49. The number of hydrogen-bond acceptors (Lipinski definition) is 10. The van der Waals surface area contributed by atoms with Crippen molar-refractivity contribution in [2.24, 2.45) is 5.11 Å². The lowest BCUT2D eigenvalue weighted by Crippen LogP contribution is -2.22. The summed E-state index contributed by atoms with van der Waals surface area (Å²) in [7, 11) is 0. The third-order valence-electron chi connectivity index (χ3n) is 6.88. The molecule has 0 fully saturated rings. The zero-order chi connectivity index (χ0) is 30.6. The van der Waals surface area contributed by atoms with Crippen LogP contribution in [-0.2, 0) is 29.8 Å². The molecule has 43 heavy (non-hydrogen) atoms. The van der Waals surface area contributed by atoms with E-state index >= 15 is 0 Å². The quantitative estimate of drug-likeness (QED) is 0.0906. The number of tetrazole rings is 1. The van der Waals surface area contributed by atoms with Crippen LogP contribution in [0.3, 0.4) is 0 Å². The second kappa shape index (κ2) is 12.2. The Balaban J connectivity index is 1.52. The van der Waals surface area contributed by atoms with E-state index in [2.05, 4.69) is 30.7 Å². The molecule has 3 heterocycles. The number of hydrogen-bond donors (Lipinski definition) is 1. The molecule has 14 heteroatoms. The predicted molar refractivity (Wildman–Crippen MR) is 154 cm³/mol. The van der Waals surface area contributed by atoms with Crippen LogP contribution in [0.4, 0.5) is 0 Å². The largest absolute Gasteiger partial charge is 0.519 e. The normalized spacial score (nSPS) is 11.3. The molecule has 0 atom stereocenters. The summed E-state index contributed by atoms with van der Waals surface area (Å²) < 4.78 is 17.2. The Morgan fingerprint density at radius 3 is 2.51 bits per heavy atom. The van der Waals surface area contributed by atoms with E-state index in [0.29, 0.717) is 24.6 Å². The van der Waals surface area contributed by atoms with Crippen LogP contribution >= 0.6 is 0 Å². The van der Waals surface area contributed by atoms with Gasteiger partial charge in [-0.3, -0.25) is 0 Å². The molecule has 0 radical (unpaired) electrons. The summed E-state index contributed by atoms with van der Waals surface area (Å²) in [6.07, 6.45) is 1.33. The van der Waals surface area contributed by atoms with Crippen molar-refractivity contribution >= 4 is 5.97 Å². The van der Waals surface area contributed by atoms with Gasteiger partial charge in [0, 0.05) is 23.4 Å². The molecule has 14 nitrogen and oxygen atoms in total. The third kappa shape index (κ3) is 6.09. The number of ether oxygens (including phenoxy) is 1. The number of carbonyl (C=O) groups is 1. The summed E-state index contributed by atoms with van der Waals surface area (Å²) >= 11 is 0. The molecule has 0 unspecified atom stereocenters. The zero-order valence-corrected chi connectivity index (χ0v) is 24.1. The first-order valence-electron chi connectivity index (χ1n) is 13.6. The average Bonchev–Trinajstić information content (AvgIpc) is 3.72. The summed E-state index contributed by atoms with van der Waals surface area (Å²) in [6, 6.07) is 15.7. The zero-order valence-electron chi connectivity index (χ0n) is 24.1. The minimum Gasteiger partial charge on any atom is -0.453 e. The Morgan fingerprint density at radius 2 is 1.88 bits per heavy atom. The summed E-state index contributed by atoms with van der Waals surface area (Å²) in [5.74, 6) is -0.138. The highest BCUT2D eigenvalue weighted by Crippen LogP contribution is 2.32. The van der Waals surface area contributed by atoms with E-state index in [1.54, 1.807) is 18.4 Å². The van der Waals surface area contributed by atoms with Gasteiger partial charge in [0.25, 0.3) is 0 Å². The molecule has 3 aromatic heterocycles. The first-order chi connectivity index (χ1) is 20.7. The van der Waals surface area contributed by atoms with Crippen LogP contribution < -0.4 is 5.82 Å². The summed E-state index contributed by atoms with van der Waals surface area (Å²) in [4.78, 5) is 32.8. The van der Waals surface area contributed by atoms with Crippen molar-refractivity contribution in [1.82, 2.24) is 30.2 Å². The molecule has 0 saturated carbocycles. The smallest absolute Gasteiger partial charge is 0.453 e. The van der Waals surface area contributed by atoms with E-state index in [9.17, 15) is 15.1 Å². The summed E-state index contributed by atoms with van der Waals surface area (Å²) in [5, 5.41) is 18.3. The molecule has 0 spiro atoms. The number of H-pyrrole nitrogens is 1. The first kappa shape index (κ1) is 29.0. The van der Waals surface area contributed by atoms with E-state index < -0.39 is 17.3 Å². The van der Waals surface area contributed by atoms with Crippen LogP contribution in [0.15, 0.2) is 67.3 Å². The van der Waals surface area contributed by atoms with Crippen LogP contribution in [0.1, 0.15) is 66.3 Å². The monoisotopic (exact) mass is 583 g/mol. The molecular weight excluding hydrogens is 554 g/mol. The number of aromatic amines is 1. The van der Waals surface area contributed by atoms with Crippen molar-refractivity contribution in [2.45, 2.75) is 59.2 Å². The van der Waals surface area contributed by atoms with Gasteiger partial charge in [0.2, 0.25) is 5.82 Å². The van der Waals surface area contributed by atoms with Crippen molar-refractivity contribution in [3.8, 4) is 22.5 Å². The van der Waals surface area contributed by atoms with Gasteiger partial charge in [-0.1, -0.05) is 60.6 Å². The average molecular weight is 584 g/mol. The van der Waals surface area contributed by atoms with Gasteiger partial charge in [0.1, 0.15) is 5.82 Å². The number of aryl methyl sites for hydroxylation is 2. The number of azide groups is 1. The third-order valence-corrected chi connectivity index (χ3v) is 6.88. The molecule has 0 aliphatic heterocycles. The lowest BCUT2D eigenvalue weighted by Gasteiger charge is -2.18. The van der Waals surface area contributed by atoms with Crippen LogP contribution in [0, 0.1) is 6.92 Å². The summed E-state index contributed by atoms with van der Waals surface area (Å²) in [6.45, 7) is 6.89. The van der Waals surface area contributed by atoms with Crippen molar-refractivity contribution in [3.05, 3.63) is 104 Å². The SMILES string of the molecule is CCCc1nc(C(C)(C)N=[N+]=[N-])c(C(=O)OCc2oc(=O)oc2C)n1Cc1ccc(-c2ccccc2-c2nn[nH]n2)cc1. The molecule has 0 aliphatic rings. The highest BCUT2D eigenvalue weighted by atomic mass is 16.6.